The van der Waals surface area contributed by atoms with Crippen molar-refractivity contribution in [2.45, 2.75) is 12.5 Å². The predicted molar refractivity (Wildman–Crippen MR) is 81.4 cm³/mol. The number of nitrogens with two attached hydrogens (primary N) is 1. The first-order chi connectivity index (χ1) is 10.6. The molecular formula is C16H17N3O3. The molecule has 22 heavy (non-hydrogen) atoms. The zero-order chi connectivity index (χ0) is 15.9. The van der Waals surface area contributed by atoms with Crippen LogP contribution in [0.15, 0.2) is 48.7 Å². The Morgan fingerprint density at radius 2 is 1.95 bits per heavy atom. The van der Waals surface area contributed by atoms with E-state index < -0.39 is 17.9 Å². The second kappa shape index (κ2) is 7.21. The molecule has 2 amide bonds. The molecule has 0 aliphatic rings. The molecule has 1 aromatic carbocycles. The molecule has 114 valence electrons. The Morgan fingerprint density at radius 1 is 1.23 bits per heavy atom. The minimum absolute atomic E-state index is 0.230. The number of para-hydroxylation sites is 1. The van der Waals surface area contributed by atoms with Crippen LogP contribution in [-0.4, -0.2) is 29.9 Å². The molecule has 2 rings (SSSR count). The van der Waals surface area contributed by atoms with Crippen LogP contribution in [-0.2, 0) is 11.2 Å². The maximum Gasteiger partial charge on any atom is 0.270 e. The third kappa shape index (κ3) is 3.82. The summed E-state index contributed by atoms with van der Waals surface area (Å²) in [5, 5.41) is 2.60. The van der Waals surface area contributed by atoms with Gasteiger partial charge in [0.15, 0.2) is 0 Å². The second-order valence-electron chi connectivity index (χ2n) is 4.66. The minimum atomic E-state index is -0.842. The molecule has 0 fully saturated rings. The average Bonchev–Trinajstić information content (AvgIpc) is 2.55. The molecule has 1 atom stereocenters. The Labute approximate surface area is 128 Å². The van der Waals surface area contributed by atoms with E-state index in [1.807, 2.05) is 18.2 Å². The lowest BCUT2D eigenvalue weighted by atomic mass is 10.0. The Bertz CT molecular complexity index is 659. The van der Waals surface area contributed by atoms with Crippen molar-refractivity contribution >= 4 is 11.8 Å². The van der Waals surface area contributed by atoms with E-state index in [0.29, 0.717) is 5.75 Å². The van der Waals surface area contributed by atoms with E-state index in [9.17, 15) is 9.59 Å². The highest BCUT2D eigenvalue weighted by Gasteiger charge is 2.21. The van der Waals surface area contributed by atoms with Gasteiger partial charge < -0.3 is 15.8 Å². The van der Waals surface area contributed by atoms with Crippen LogP contribution >= 0.6 is 0 Å². The third-order valence-electron chi connectivity index (χ3n) is 3.16. The van der Waals surface area contributed by atoms with Crippen molar-refractivity contribution in [3.8, 4) is 5.75 Å². The van der Waals surface area contributed by atoms with Crippen LogP contribution < -0.4 is 15.8 Å². The SMILES string of the molecule is COc1ccccc1C[C@@H](NC(=O)c1ccccn1)C(N)=O. The lowest BCUT2D eigenvalue weighted by Gasteiger charge is -2.17. The Balaban J connectivity index is 2.14. The van der Waals surface area contributed by atoms with Crippen LogP contribution in [0.4, 0.5) is 0 Å². The fourth-order valence-corrected chi connectivity index (χ4v) is 2.04. The number of ether oxygens (including phenoxy) is 1. The van der Waals surface area contributed by atoms with Gasteiger partial charge >= 0.3 is 0 Å². The maximum atomic E-state index is 12.1. The van der Waals surface area contributed by atoms with Crippen LogP contribution in [0.2, 0.25) is 0 Å². The highest BCUT2D eigenvalue weighted by atomic mass is 16.5. The smallest absolute Gasteiger partial charge is 0.270 e. The molecule has 0 aliphatic heterocycles. The van der Waals surface area contributed by atoms with Crippen LogP contribution in [0, 0.1) is 0 Å². The minimum Gasteiger partial charge on any atom is -0.496 e. The van der Waals surface area contributed by atoms with Crippen molar-refractivity contribution in [3.05, 3.63) is 59.9 Å². The number of methoxy groups -OCH3 is 1. The first-order valence-corrected chi connectivity index (χ1v) is 6.75. The number of amides is 2. The Hall–Kier alpha value is -2.89. The first-order valence-electron chi connectivity index (χ1n) is 6.75. The van der Waals surface area contributed by atoms with Crippen LogP contribution in [0.5, 0.6) is 5.75 Å². The van der Waals surface area contributed by atoms with Crippen LogP contribution in [0.3, 0.4) is 0 Å². The predicted octanol–water partition coefficient (Wildman–Crippen LogP) is 0.917. The van der Waals surface area contributed by atoms with E-state index in [2.05, 4.69) is 10.3 Å². The average molecular weight is 299 g/mol. The summed E-state index contributed by atoms with van der Waals surface area (Å²) in [5.41, 5.74) is 6.41. The summed E-state index contributed by atoms with van der Waals surface area (Å²) in [6.45, 7) is 0. The molecule has 0 saturated carbocycles. The molecule has 0 radical (unpaired) electrons. The number of carbonyl (C=O) groups excluding carboxylic acids is 2. The standard InChI is InChI=1S/C16H17N3O3/c1-22-14-8-3-2-6-11(14)10-13(15(17)20)19-16(21)12-7-4-5-9-18-12/h2-9,13H,10H2,1H3,(H2,17,20)(H,19,21)/t13-/m1/s1. The highest BCUT2D eigenvalue weighted by molar-refractivity contribution is 5.95. The lowest BCUT2D eigenvalue weighted by Crippen LogP contribution is -2.46. The molecule has 0 bridgehead atoms. The summed E-state index contributed by atoms with van der Waals surface area (Å²) >= 11 is 0. The van der Waals surface area contributed by atoms with Gasteiger partial charge in [0.25, 0.3) is 5.91 Å². The molecule has 1 heterocycles. The van der Waals surface area contributed by atoms with Gasteiger partial charge in [-0.2, -0.15) is 0 Å². The number of pyridine rings is 1. The molecule has 0 spiro atoms. The van der Waals surface area contributed by atoms with E-state index in [1.165, 1.54) is 6.20 Å². The van der Waals surface area contributed by atoms with Gasteiger partial charge in [0.2, 0.25) is 5.91 Å². The molecule has 0 aliphatic carbocycles. The van der Waals surface area contributed by atoms with Crippen molar-refractivity contribution in [1.82, 2.24) is 10.3 Å². The number of hydrogen-bond donors (Lipinski definition) is 2. The topological polar surface area (TPSA) is 94.3 Å². The zero-order valence-corrected chi connectivity index (χ0v) is 12.2. The fraction of sp³-hybridized carbons (Fsp3) is 0.188. The largest absolute Gasteiger partial charge is 0.496 e. The number of nitrogens with zero attached hydrogens (tertiary/aromatic N) is 1. The summed E-state index contributed by atoms with van der Waals surface area (Å²) in [6, 6.07) is 11.4. The summed E-state index contributed by atoms with van der Waals surface area (Å²) in [6.07, 6.45) is 1.76. The van der Waals surface area contributed by atoms with E-state index >= 15 is 0 Å². The van der Waals surface area contributed by atoms with Crippen molar-refractivity contribution < 1.29 is 14.3 Å². The fourth-order valence-electron chi connectivity index (χ4n) is 2.04. The van der Waals surface area contributed by atoms with E-state index in [0.717, 1.165) is 5.56 Å². The molecule has 2 aromatic rings. The van der Waals surface area contributed by atoms with Gasteiger partial charge in [-0.1, -0.05) is 24.3 Å². The summed E-state index contributed by atoms with van der Waals surface area (Å²) in [5.74, 6) is -0.421. The number of benzene rings is 1. The van der Waals surface area contributed by atoms with Gasteiger partial charge in [0, 0.05) is 12.6 Å². The van der Waals surface area contributed by atoms with Crippen molar-refractivity contribution in [2.24, 2.45) is 5.73 Å². The molecule has 1 aromatic heterocycles. The van der Waals surface area contributed by atoms with Crippen molar-refractivity contribution in [2.75, 3.05) is 7.11 Å². The van der Waals surface area contributed by atoms with Gasteiger partial charge in [0.05, 0.1) is 7.11 Å². The zero-order valence-electron chi connectivity index (χ0n) is 12.2. The molecule has 3 N–H and O–H groups in total. The van der Waals surface area contributed by atoms with Gasteiger partial charge in [0.1, 0.15) is 17.5 Å². The number of primary amides is 1. The molecular weight excluding hydrogens is 282 g/mol. The normalized spacial score (nSPS) is 11.5. The molecule has 6 heteroatoms. The van der Waals surface area contributed by atoms with Crippen molar-refractivity contribution in [3.63, 3.8) is 0 Å². The van der Waals surface area contributed by atoms with Gasteiger partial charge in [-0.15, -0.1) is 0 Å². The third-order valence-corrected chi connectivity index (χ3v) is 3.16. The highest BCUT2D eigenvalue weighted by Crippen LogP contribution is 2.19. The summed E-state index contributed by atoms with van der Waals surface area (Å²) in [4.78, 5) is 27.7. The summed E-state index contributed by atoms with van der Waals surface area (Å²) in [7, 11) is 1.55. The lowest BCUT2D eigenvalue weighted by molar-refractivity contribution is -0.119. The van der Waals surface area contributed by atoms with Crippen LogP contribution in [0.1, 0.15) is 16.1 Å². The Kier molecular flexibility index (Phi) is 5.08. The van der Waals surface area contributed by atoms with Crippen molar-refractivity contribution in [1.29, 1.82) is 0 Å². The van der Waals surface area contributed by atoms with E-state index in [1.54, 1.807) is 31.4 Å². The molecule has 0 unspecified atom stereocenters. The quantitative estimate of drug-likeness (QED) is 0.829. The number of rotatable bonds is 6. The molecule has 6 nitrogen and oxygen atoms in total. The Morgan fingerprint density at radius 3 is 2.59 bits per heavy atom. The number of carbonyl (C=O) groups is 2. The maximum absolute atomic E-state index is 12.1. The van der Waals surface area contributed by atoms with Gasteiger partial charge in [-0.05, 0) is 23.8 Å². The number of aromatic nitrogens is 1. The number of nitrogens with one attached hydrogen (secondary N) is 1. The van der Waals surface area contributed by atoms with E-state index in [-0.39, 0.29) is 12.1 Å². The summed E-state index contributed by atoms with van der Waals surface area (Å²) < 4.78 is 5.24. The van der Waals surface area contributed by atoms with Gasteiger partial charge in [-0.25, -0.2) is 0 Å². The first kappa shape index (κ1) is 15.5. The second-order valence-corrected chi connectivity index (χ2v) is 4.66. The van der Waals surface area contributed by atoms with E-state index in [4.69, 9.17) is 10.5 Å². The number of hydrogen-bond acceptors (Lipinski definition) is 4. The van der Waals surface area contributed by atoms with Crippen LogP contribution in [0.25, 0.3) is 0 Å². The molecule has 0 saturated heterocycles. The van der Waals surface area contributed by atoms with Gasteiger partial charge in [-0.3, -0.25) is 14.6 Å². The monoisotopic (exact) mass is 299 g/mol.